The number of non-ortho nitro benzene ring substituents is 1. The Labute approximate surface area is 145 Å². The van der Waals surface area contributed by atoms with Crippen LogP contribution in [0.4, 0.5) is 11.4 Å². The highest BCUT2D eigenvalue weighted by Crippen LogP contribution is 2.19. The van der Waals surface area contributed by atoms with Crippen LogP contribution in [0.25, 0.3) is 0 Å². The van der Waals surface area contributed by atoms with Gasteiger partial charge in [-0.15, -0.1) is 0 Å². The van der Waals surface area contributed by atoms with Crippen LogP contribution in [0, 0.1) is 21.4 Å². The number of benzene rings is 2. The first-order chi connectivity index (χ1) is 11.9. The number of carbonyl (C=O) groups excluding carboxylic acids is 1. The van der Waals surface area contributed by atoms with Gasteiger partial charge in [-0.1, -0.05) is 18.2 Å². The third-order valence-corrected chi connectivity index (χ3v) is 3.73. The Morgan fingerprint density at radius 3 is 2.60 bits per heavy atom. The number of carbonyl (C=O) groups is 1. The first-order valence-corrected chi connectivity index (χ1v) is 7.72. The van der Waals surface area contributed by atoms with Crippen LogP contribution in [0.1, 0.15) is 31.0 Å². The molecule has 0 aliphatic heterocycles. The molecule has 0 unspecified atom stereocenters. The Morgan fingerprint density at radius 2 is 1.92 bits per heavy atom. The van der Waals surface area contributed by atoms with Crippen molar-refractivity contribution in [1.82, 2.24) is 5.32 Å². The van der Waals surface area contributed by atoms with Crippen LogP contribution >= 0.6 is 0 Å². The van der Waals surface area contributed by atoms with E-state index in [0.717, 1.165) is 5.56 Å². The number of nitro groups is 1. The minimum absolute atomic E-state index is 0.0107. The molecule has 2 aromatic carbocycles. The molecule has 0 spiro atoms. The molecule has 0 heterocycles. The highest BCUT2D eigenvalue weighted by molar-refractivity contribution is 5.94. The smallest absolute Gasteiger partial charge is 0.269 e. The molecule has 7 nitrogen and oxygen atoms in total. The molecule has 0 saturated carbocycles. The van der Waals surface area contributed by atoms with E-state index in [1.54, 1.807) is 43.3 Å². The Bertz CT molecular complexity index is 829. The van der Waals surface area contributed by atoms with Crippen molar-refractivity contribution < 1.29 is 9.72 Å². The molecule has 1 amide bonds. The van der Waals surface area contributed by atoms with E-state index in [-0.39, 0.29) is 17.6 Å². The fraction of sp³-hybridized carbons (Fsp3) is 0.222. The Balaban J connectivity index is 2.01. The largest absolute Gasteiger partial charge is 0.325 e. The van der Waals surface area contributed by atoms with Gasteiger partial charge in [-0.3, -0.25) is 20.2 Å². The molecule has 2 N–H and O–H groups in total. The van der Waals surface area contributed by atoms with E-state index in [0.29, 0.717) is 11.3 Å². The third-order valence-electron chi connectivity index (χ3n) is 3.73. The number of nitrogens with one attached hydrogen (secondary N) is 2. The summed E-state index contributed by atoms with van der Waals surface area (Å²) in [5.74, 6) is -0.257. The molecule has 128 valence electrons. The molecule has 0 aliphatic carbocycles. The van der Waals surface area contributed by atoms with E-state index < -0.39 is 11.0 Å². The maximum atomic E-state index is 12.3. The normalized spacial score (nSPS) is 12.7. The number of hydrogen-bond donors (Lipinski definition) is 2. The van der Waals surface area contributed by atoms with Gasteiger partial charge in [-0.25, -0.2) is 0 Å². The lowest BCUT2D eigenvalue weighted by atomic mass is 10.1. The molecule has 0 bridgehead atoms. The van der Waals surface area contributed by atoms with E-state index in [1.165, 1.54) is 12.1 Å². The summed E-state index contributed by atoms with van der Waals surface area (Å²) in [7, 11) is 0. The summed E-state index contributed by atoms with van der Waals surface area (Å²) in [5.41, 5.74) is 1.74. The molecule has 0 saturated heterocycles. The van der Waals surface area contributed by atoms with Gasteiger partial charge < -0.3 is 5.32 Å². The summed E-state index contributed by atoms with van der Waals surface area (Å²) in [6.45, 7) is 3.54. The average molecular weight is 338 g/mol. The number of hydrogen-bond acceptors (Lipinski definition) is 5. The minimum atomic E-state index is -0.528. The quantitative estimate of drug-likeness (QED) is 0.621. The van der Waals surface area contributed by atoms with Crippen molar-refractivity contribution >= 4 is 17.3 Å². The SMILES string of the molecule is C[C@H](N[C@@H](C)c1cccc([N+](=O)[O-])c1)C(=O)Nc1cccc(C#N)c1. The van der Waals surface area contributed by atoms with Crippen molar-refractivity contribution in [2.45, 2.75) is 25.9 Å². The molecule has 2 atom stereocenters. The summed E-state index contributed by atoms with van der Waals surface area (Å²) in [6.07, 6.45) is 0. The van der Waals surface area contributed by atoms with E-state index in [1.807, 2.05) is 13.0 Å². The average Bonchev–Trinajstić information content (AvgIpc) is 2.61. The van der Waals surface area contributed by atoms with E-state index in [2.05, 4.69) is 10.6 Å². The molecule has 0 aliphatic rings. The van der Waals surface area contributed by atoms with Crippen molar-refractivity contribution in [2.75, 3.05) is 5.32 Å². The zero-order valence-corrected chi connectivity index (χ0v) is 13.9. The van der Waals surface area contributed by atoms with Gasteiger partial charge in [-0.05, 0) is 37.6 Å². The van der Waals surface area contributed by atoms with Gasteiger partial charge in [0.25, 0.3) is 5.69 Å². The van der Waals surface area contributed by atoms with Crippen LogP contribution in [-0.2, 0) is 4.79 Å². The lowest BCUT2D eigenvalue weighted by Gasteiger charge is -2.20. The number of nitriles is 1. The highest BCUT2D eigenvalue weighted by Gasteiger charge is 2.18. The second-order valence-corrected chi connectivity index (χ2v) is 5.64. The maximum absolute atomic E-state index is 12.3. The standard InChI is InChI=1S/C18H18N4O3/c1-12(15-6-4-8-17(10-15)22(24)25)20-13(2)18(23)21-16-7-3-5-14(9-16)11-19/h3-10,12-13,20H,1-2H3,(H,21,23)/t12-,13-/m0/s1. The Hall–Kier alpha value is -3.24. The fourth-order valence-electron chi connectivity index (χ4n) is 2.37. The van der Waals surface area contributed by atoms with Gasteiger partial charge in [0.05, 0.1) is 22.6 Å². The van der Waals surface area contributed by atoms with Crippen LogP contribution in [0.3, 0.4) is 0 Å². The molecule has 0 fully saturated rings. The first-order valence-electron chi connectivity index (χ1n) is 7.72. The Morgan fingerprint density at radius 1 is 1.20 bits per heavy atom. The summed E-state index contributed by atoms with van der Waals surface area (Å²) in [4.78, 5) is 22.7. The summed E-state index contributed by atoms with van der Waals surface area (Å²) in [6, 6.07) is 14.2. The number of nitro benzene ring substituents is 1. The zero-order valence-electron chi connectivity index (χ0n) is 13.9. The van der Waals surface area contributed by atoms with Crippen LogP contribution in [-0.4, -0.2) is 16.9 Å². The monoisotopic (exact) mass is 338 g/mol. The van der Waals surface area contributed by atoms with Gasteiger partial charge in [-0.2, -0.15) is 5.26 Å². The molecular weight excluding hydrogens is 320 g/mol. The van der Waals surface area contributed by atoms with Crippen LogP contribution < -0.4 is 10.6 Å². The molecule has 25 heavy (non-hydrogen) atoms. The first kappa shape index (κ1) is 18.1. The van der Waals surface area contributed by atoms with Gasteiger partial charge in [0.1, 0.15) is 0 Å². The van der Waals surface area contributed by atoms with Crippen LogP contribution in [0.15, 0.2) is 48.5 Å². The number of nitrogens with zero attached hydrogens (tertiary/aromatic N) is 2. The van der Waals surface area contributed by atoms with Crippen molar-refractivity contribution in [3.63, 3.8) is 0 Å². The third kappa shape index (κ3) is 4.86. The molecule has 2 aromatic rings. The van der Waals surface area contributed by atoms with Gasteiger partial charge >= 0.3 is 0 Å². The van der Waals surface area contributed by atoms with E-state index in [4.69, 9.17) is 5.26 Å². The predicted molar refractivity (Wildman–Crippen MR) is 93.9 cm³/mol. The topological polar surface area (TPSA) is 108 Å². The van der Waals surface area contributed by atoms with Crippen molar-refractivity contribution in [3.8, 4) is 6.07 Å². The predicted octanol–water partition coefficient (Wildman–Crippen LogP) is 3.14. The van der Waals surface area contributed by atoms with Crippen LogP contribution in [0.2, 0.25) is 0 Å². The van der Waals surface area contributed by atoms with Gasteiger partial charge in [0.2, 0.25) is 5.91 Å². The van der Waals surface area contributed by atoms with Crippen molar-refractivity contribution in [1.29, 1.82) is 5.26 Å². The summed E-state index contributed by atoms with van der Waals surface area (Å²) < 4.78 is 0. The number of amides is 1. The Kier molecular flexibility index (Phi) is 5.82. The van der Waals surface area contributed by atoms with Crippen molar-refractivity contribution in [2.24, 2.45) is 0 Å². The van der Waals surface area contributed by atoms with Crippen molar-refractivity contribution in [3.05, 3.63) is 69.8 Å². The van der Waals surface area contributed by atoms with E-state index in [9.17, 15) is 14.9 Å². The minimum Gasteiger partial charge on any atom is -0.325 e. The molecular formula is C18H18N4O3. The highest BCUT2D eigenvalue weighted by atomic mass is 16.6. The van der Waals surface area contributed by atoms with Gasteiger partial charge in [0, 0.05) is 23.9 Å². The second kappa shape index (κ2) is 8.04. The molecule has 0 radical (unpaired) electrons. The molecule has 0 aromatic heterocycles. The maximum Gasteiger partial charge on any atom is 0.269 e. The van der Waals surface area contributed by atoms with E-state index >= 15 is 0 Å². The lowest BCUT2D eigenvalue weighted by Crippen LogP contribution is -2.39. The molecule has 2 rings (SSSR count). The fourth-order valence-corrected chi connectivity index (χ4v) is 2.37. The second-order valence-electron chi connectivity index (χ2n) is 5.64. The van der Waals surface area contributed by atoms with Crippen LogP contribution in [0.5, 0.6) is 0 Å². The lowest BCUT2D eigenvalue weighted by molar-refractivity contribution is -0.384. The van der Waals surface area contributed by atoms with Gasteiger partial charge in [0.15, 0.2) is 0 Å². The summed E-state index contributed by atoms with van der Waals surface area (Å²) >= 11 is 0. The summed E-state index contributed by atoms with van der Waals surface area (Å²) in [5, 5.41) is 25.6. The molecule has 7 heteroatoms. The number of anilines is 1. The number of rotatable bonds is 6. The zero-order chi connectivity index (χ0) is 18.4.